The van der Waals surface area contributed by atoms with Gasteiger partial charge in [0.15, 0.2) is 0 Å². The van der Waals surface area contributed by atoms with E-state index in [0.29, 0.717) is 11.8 Å². The van der Waals surface area contributed by atoms with E-state index in [0.717, 1.165) is 30.6 Å². The second-order valence-electron chi connectivity index (χ2n) is 5.06. The summed E-state index contributed by atoms with van der Waals surface area (Å²) in [5.74, 6) is -0.170. The lowest BCUT2D eigenvalue weighted by Crippen LogP contribution is -2.34. The third-order valence-electron chi connectivity index (χ3n) is 3.04. The number of rotatable bonds is 8. The predicted molar refractivity (Wildman–Crippen MR) is 85.4 cm³/mol. The van der Waals surface area contributed by atoms with Gasteiger partial charge in [0.05, 0.1) is 12.3 Å². The fourth-order valence-corrected chi connectivity index (χ4v) is 2.28. The van der Waals surface area contributed by atoms with E-state index < -0.39 is 0 Å². The molecule has 0 aliphatic heterocycles. The van der Waals surface area contributed by atoms with Crippen LogP contribution in [-0.4, -0.2) is 35.4 Å². The summed E-state index contributed by atoms with van der Waals surface area (Å²) in [5, 5.41) is 7.79. The first kappa shape index (κ1) is 17.7. The maximum absolute atomic E-state index is 11.8. The number of hydrogen-bond acceptors (Lipinski definition) is 3. The quantitative estimate of drug-likeness (QED) is 0.751. The van der Waals surface area contributed by atoms with Gasteiger partial charge in [-0.15, -0.1) is 0 Å². The number of halogens is 1. The van der Waals surface area contributed by atoms with Gasteiger partial charge in [-0.2, -0.15) is 5.10 Å². The number of carbonyl (C=O) groups is 1. The molecule has 0 fully saturated rings. The number of aryl methyl sites for hydroxylation is 2. The largest absolute Gasteiger partial charge is 0.383 e. The van der Waals surface area contributed by atoms with Gasteiger partial charge < -0.3 is 10.1 Å². The Hall–Kier alpha value is -1.33. The Morgan fingerprint density at radius 1 is 1.57 bits per heavy atom. The Balaban J connectivity index is 2.71. The molecule has 1 N–H and O–H groups in total. The van der Waals surface area contributed by atoms with Gasteiger partial charge in [0.1, 0.15) is 5.15 Å². The van der Waals surface area contributed by atoms with Crippen molar-refractivity contribution in [3.8, 4) is 0 Å². The highest BCUT2D eigenvalue weighted by atomic mass is 35.5. The molecule has 0 spiro atoms. The molecule has 1 aromatic heterocycles. The number of aromatic nitrogens is 2. The zero-order valence-electron chi connectivity index (χ0n) is 13.1. The van der Waals surface area contributed by atoms with E-state index in [1.165, 1.54) is 6.08 Å². The first-order chi connectivity index (χ1) is 9.99. The molecule has 0 aliphatic rings. The summed E-state index contributed by atoms with van der Waals surface area (Å²) < 4.78 is 6.76. The summed E-state index contributed by atoms with van der Waals surface area (Å²) in [6.07, 6.45) is 5.30. The van der Waals surface area contributed by atoms with Crippen molar-refractivity contribution in [1.29, 1.82) is 0 Å². The molecule has 0 aliphatic carbocycles. The van der Waals surface area contributed by atoms with E-state index in [1.54, 1.807) is 17.9 Å². The lowest BCUT2D eigenvalue weighted by molar-refractivity contribution is -0.117. The van der Waals surface area contributed by atoms with Crippen LogP contribution in [0.4, 0.5) is 0 Å². The van der Waals surface area contributed by atoms with Gasteiger partial charge in [0.25, 0.3) is 0 Å². The molecule has 1 unspecified atom stereocenters. The highest BCUT2D eigenvalue weighted by molar-refractivity contribution is 6.31. The van der Waals surface area contributed by atoms with Crippen LogP contribution in [0.15, 0.2) is 6.08 Å². The topological polar surface area (TPSA) is 56.2 Å². The van der Waals surface area contributed by atoms with Gasteiger partial charge in [0.2, 0.25) is 5.91 Å². The Morgan fingerprint density at radius 3 is 2.90 bits per heavy atom. The third-order valence-corrected chi connectivity index (χ3v) is 3.44. The molecule has 0 aromatic carbocycles. The molecular formula is C15H24ClN3O2. The summed E-state index contributed by atoms with van der Waals surface area (Å²) in [4.78, 5) is 11.8. The van der Waals surface area contributed by atoms with Crippen molar-refractivity contribution >= 4 is 23.6 Å². The Bertz CT molecular complexity index is 497. The number of hydrogen-bond donors (Lipinski definition) is 1. The van der Waals surface area contributed by atoms with E-state index in [-0.39, 0.29) is 11.9 Å². The van der Waals surface area contributed by atoms with Crippen molar-refractivity contribution in [2.24, 2.45) is 0 Å². The van der Waals surface area contributed by atoms with Crippen molar-refractivity contribution in [3.63, 3.8) is 0 Å². The number of nitrogens with one attached hydrogen (secondary N) is 1. The highest BCUT2D eigenvalue weighted by Crippen LogP contribution is 2.21. The predicted octanol–water partition coefficient (Wildman–Crippen LogP) is 2.81. The summed E-state index contributed by atoms with van der Waals surface area (Å²) in [7, 11) is 1.60. The average Bonchev–Trinajstić information content (AvgIpc) is 2.69. The van der Waals surface area contributed by atoms with Crippen LogP contribution in [0.1, 0.15) is 37.9 Å². The average molecular weight is 314 g/mol. The van der Waals surface area contributed by atoms with E-state index >= 15 is 0 Å². The minimum absolute atomic E-state index is 0.0315. The first-order valence-corrected chi connectivity index (χ1v) is 7.57. The van der Waals surface area contributed by atoms with Crippen LogP contribution < -0.4 is 5.32 Å². The lowest BCUT2D eigenvalue weighted by Gasteiger charge is -2.10. The van der Waals surface area contributed by atoms with Crippen LogP contribution >= 0.6 is 11.6 Å². The molecule has 1 heterocycles. The van der Waals surface area contributed by atoms with Crippen LogP contribution in [0.5, 0.6) is 0 Å². The summed E-state index contributed by atoms with van der Waals surface area (Å²) in [5.41, 5.74) is 1.62. The van der Waals surface area contributed by atoms with Gasteiger partial charge in [-0.3, -0.25) is 9.48 Å². The summed E-state index contributed by atoms with van der Waals surface area (Å²) in [6, 6.07) is -0.0315. The van der Waals surface area contributed by atoms with E-state index in [4.69, 9.17) is 16.3 Å². The van der Waals surface area contributed by atoms with Crippen molar-refractivity contribution in [1.82, 2.24) is 15.1 Å². The first-order valence-electron chi connectivity index (χ1n) is 7.20. The molecular weight excluding hydrogens is 290 g/mol. The molecule has 0 bridgehead atoms. The Kier molecular flexibility index (Phi) is 7.47. The van der Waals surface area contributed by atoms with Crippen molar-refractivity contribution < 1.29 is 9.53 Å². The number of methoxy groups -OCH3 is 1. The molecule has 21 heavy (non-hydrogen) atoms. The third kappa shape index (κ3) is 5.52. The monoisotopic (exact) mass is 313 g/mol. The zero-order valence-corrected chi connectivity index (χ0v) is 13.9. The van der Waals surface area contributed by atoms with Gasteiger partial charge >= 0.3 is 0 Å². The SMILES string of the molecule is CCCCn1nc(C)c(/C=C/C(=O)NC(C)COC)c1Cl. The summed E-state index contributed by atoms with van der Waals surface area (Å²) in [6.45, 7) is 7.17. The molecule has 0 saturated heterocycles. The van der Waals surface area contributed by atoms with Gasteiger partial charge in [-0.05, 0) is 26.3 Å². The normalized spacial score (nSPS) is 12.8. The van der Waals surface area contributed by atoms with Gasteiger partial charge in [0, 0.05) is 31.3 Å². The fraction of sp³-hybridized carbons (Fsp3) is 0.600. The van der Waals surface area contributed by atoms with E-state index in [2.05, 4.69) is 17.3 Å². The number of carbonyl (C=O) groups excluding carboxylic acids is 1. The highest BCUT2D eigenvalue weighted by Gasteiger charge is 2.11. The van der Waals surface area contributed by atoms with Crippen molar-refractivity contribution in [2.75, 3.05) is 13.7 Å². The van der Waals surface area contributed by atoms with Crippen molar-refractivity contribution in [3.05, 3.63) is 22.5 Å². The summed E-state index contributed by atoms with van der Waals surface area (Å²) >= 11 is 6.30. The fourth-order valence-electron chi connectivity index (χ4n) is 1.95. The molecule has 6 heteroatoms. The van der Waals surface area contributed by atoms with E-state index in [9.17, 15) is 4.79 Å². The number of amides is 1. The number of nitrogens with zero attached hydrogens (tertiary/aromatic N) is 2. The zero-order chi connectivity index (χ0) is 15.8. The second kappa shape index (κ2) is 8.85. The molecule has 0 radical (unpaired) electrons. The van der Waals surface area contributed by atoms with Crippen molar-refractivity contribution in [2.45, 2.75) is 46.2 Å². The second-order valence-corrected chi connectivity index (χ2v) is 5.42. The number of unbranched alkanes of at least 4 members (excludes halogenated alkanes) is 1. The van der Waals surface area contributed by atoms with Crippen LogP contribution in [0.25, 0.3) is 6.08 Å². The van der Waals surface area contributed by atoms with Gasteiger partial charge in [-0.1, -0.05) is 24.9 Å². The Labute approximate surface area is 131 Å². The van der Waals surface area contributed by atoms with Crippen LogP contribution in [0.3, 0.4) is 0 Å². The van der Waals surface area contributed by atoms with Crippen LogP contribution in [0.2, 0.25) is 5.15 Å². The minimum atomic E-state index is -0.170. The molecule has 1 atom stereocenters. The maximum Gasteiger partial charge on any atom is 0.244 e. The molecule has 1 rings (SSSR count). The van der Waals surface area contributed by atoms with Crippen LogP contribution in [0, 0.1) is 6.92 Å². The molecule has 118 valence electrons. The van der Waals surface area contributed by atoms with E-state index in [1.807, 2.05) is 13.8 Å². The molecule has 5 nitrogen and oxygen atoms in total. The smallest absolute Gasteiger partial charge is 0.244 e. The standard InChI is InChI=1S/C15H24ClN3O2/c1-5-6-9-19-15(16)13(12(3)18-19)7-8-14(20)17-11(2)10-21-4/h7-8,11H,5-6,9-10H2,1-4H3,(H,17,20)/b8-7+. The molecule has 0 saturated carbocycles. The van der Waals surface area contributed by atoms with Gasteiger partial charge in [-0.25, -0.2) is 0 Å². The molecule has 1 amide bonds. The number of ether oxygens (including phenoxy) is 1. The minimum Gasteiger partial charge on any atom is -0.383 e. The van der Waals surface area contributed by atoms with Crippen LogP contribution in [-0.2, 0) is 16.1 Å². The lowest BCUT2D eigenvalue weighted by atomic mass is 10.2. The molecule has 1 aromatic rings. The maximum atomic E-state index is 11.8. The Morgan fingerprint density at radius 2 is 2.29 bits per heavy atom.